The van der Waals surface area contributed by atoms with E-state index in [1.807, 2.05) is 0 Å². The maximum Gasteiger partial charge on any atom is 0.418 e. The zero-order valence-corrected chi connectivity index (χ0v) is 16.0. The number of nitrogens with one attached hydrogen (secondary N) is 1. The molecule has 0 atom stereocenters. The number of ether oxygens (including phenoxy) is 1. The van der Waals surface area contributed by atoms with Crippen LogP contribution in [0, 0.1) is 0 Å². The molecule has 2 aromatic rings. The number of hydrogen-bond donors (Lipinski definition) is 1. The highest BCUT2D eigenvalue weighted by Gasteiger charge is 2.33. The van der Waals surface area contributed by atoms with Crippen molar-refractivity contribution in [2.45, 2.75) is 6.18 Å². The summed E-state index contributed by atoms with van der Waals surface area (Å²) >= 11 is 11.7. The summed E-state index contributed by atoms with van der Waals surface area (Å²) in [4.78, 5) is 25.1. The fourth-order valence-electron chi connectivity index (χ4n) is 2.17. The van der Waals surface area contributed by atoms with Crippen LogP contribution in [0.3, 0.4) is 0 Å². The molecule has 0 saturated heterocycles. The van der Waals surface area contributed by atoms with Crippen molar-refractivity contribution in [3.8, 4) is 5.75 Å². The van der Waals surface area contributed by atoms with Crippen LogP contribution in [0.2, 0.25) is 10.0 Å². The summed E-state index contributed by atoms with van der Waals surface area (Å²) < 4.78 is 44.2. The van der Waals surface area contributed by atoms with E-state index in [9.17, 15) is 22.8 Å². The molecule has 0 unspecified atom stereocenters. The van der Waals surface area contributed by atoms with Crippen LogP contribution in [0.15, 0.2) is 42.5 Å². The second kappa shape index (κ2) is 9.16. The number of likely N-dealkylation sites (N-methyl/N-ethyl adjacent to an activating group) is 1. The van der Waals surface area contributed by atoms with E-state index in [0.29, 0.717) is 5.02 Å². The lowest BCUT2D eigenvalue weighted by Gasteiger charge is -2.18. The molecular weight excluding hydrogens is 420 g/mol. The fraction of sp³-hybridized carbons (Fsp3) is 0.222. The minimum atomic E-state index is -4.62. The molecule has 0 aliphatic carbocycles. The molecule has 2 rings (SSSR count). The first-order chi connectivity index (χ1) is 13.1. The summed E-state index contributed by atoms with van der Waals surface area (Å²) in [5.41, 5.74) is -1.36. The van der Waals surface area contributed by atoms with Gasteiger partial charge < -0.3 is 15.0 Å². The number of amides is 2. The number of halogens is 5. The predicted molar refractivity (Wildman–Crippen MR) is 99.7 cm³/mol. The van der Waals surface area contributed by atoms with Gasteiger partial charge in [-0.05, 0) is 24.3 Å². The predicted octanol–water partition coefficient (Wildman–Crippen LogP) is 4.49. The molecule has 0 aliphatic rings. The number of carbonyl (C=O) groups excluding carboxylic acids is 2. The van der Waals surface area contributed by atoms with E-state index in [1.165, 1.54) is 31.3 Å². The number of nitrogens with zero attached hydrogens (tertiary/aromatic N) is 1. The van der Waals surface area contributed by atoms with Gasteiger partial charge >= 0.3 is 6.18 Å². The van der Waals surface area contributed by atoms with Crippen LogP contribution < -0.4 is 10.1 Å². The number of rotatable bonds is 6. The van der Waals surface area contributed by atoms with Gasteiger partial charge in [0.15, 0.2) is 6.61 Å². The number of para-hydroxylation sites is 1. The summed E-state index contributed by atoms with van der Waals surface area (Å²) in [5.74, 6) is -1.16. The third-order valence-corrected chi connectivity index (χ3v) is 4.10. The molecule has 1 N–H and O–H groups in total. The maximum absolute atomic E-state index is 13.0. The van der Waals surface area contributed by atoms with Crippen molar-refractivity contribution in [3.05, 3.63) is 58.1 Å². The molecule has 2 amide bonds. The number of alkyl halides is 3. The van der Waals surface area contributed by atoms with Crippen LogP contribution in [0.4, 0.5) is 18.9 Å². The van der Waals surface area contributed by atoms with Gasteiger partial charge in [-0.1, -0.05) is 35.3 Å². The van der Waals surface area contributed by atoms with Crippen LogP contribution in [0.5, 0.6) is 5.75 Å². The third-order valence-electron chi connectivity index (χ3n) is 3.56. The quantitative estimate of drug-likeness (QED) is 0.728. The molecular formula is C18H15Cl2F3N2O3. The molecule has 0 saturated carbocycles. The minimum absolute atomic E-state index is 0.194. The van der Waals surface area contributed by atoms with E-state index >= 15 is 0 Å². The van der Waals surface area contributed by atoms with Crippen molar-refractivity contribution < 1.29 is 27.5 Å². The number of hydrogen-bond acceptors (Lipinski definition) is 3. The topological polar surface area (TPSA) is 58.6 Å². The highest BCUT2D eigenvalue weighted by Crippen LogP contribution is 2.34. The van der Waals surface area contributed by atoms with E-state index in [4.69, 9.17) is 27.9 Å². The Morgan fingerprint density at radius 1 is 1.14 bits per heavy atom. The van der Waals surface area contributed by atoms with Gasteiger partial charge in [-0.25, -0.2) is 0 Å². The van der Waals surface area contributed by atoms with Gasteiger partial charge in [-0.2, -0.15) is 13.2 Å². The second-order valence-electron chi connectivity index (χ2n) is 5.70. The van der Waals surface area contributed by atoms with E-state index in [0.717, 1.165) is 17.0 Å². The SMILES string of the molecule is CN(CC(=O)Nc1ccccc1C(F)(F)F)C(=O)COc1cc(Cl)ccc1Cl. The van der Waals surface area contributed by atoms with E-state index in [1.54, 1.807) is 6.07 Å². The van der Waals surface area contributed by atoms with Gasteiger partial charge in [-0.3, -0.25) is 9.59 Å². The molecule has 10 heteroatoms. The van der Waals surface area contributed by atoms with Crippen LogP contribution in [0.25, 0.3) is 0 Å². The highest BCUT2D eigenvalue weighted by molar-refractivity contribution is 6.34. The summed E-state index contributed by atoms with van der Waals surface area (Å²) in [6, 6.07) is 9.04. The summed E-state index contributed by atoms with van der Waals surface area (Å²) in [6.07, 6.45) is -4.62. The van der Waals surface area contributed by atoms with Gasteiger partial charge in [0.05, 0.1) is 22.8 Å². The monoisotopic (exact) mass is 434 g/mol. The van der Waals surface area contributed by atoms with E-state index < -0.39 is 36.7 Å². The van der Waals surface area contributed by atoms with Crippen molar-refractivity contribution in [3.63, 3.8) is 0 Å². The highest BCUT2D eigenvalue weighted by atomic mass is 35.5. The first-order valence-electron chi connectivity index (χ1n) is 7.86. The van der Waals surface area contributed by atoms with Crippen LogP contribution in [-0.2, 0) is 15.8 Å². The molecule has 0 aliphatic heterocycles. The smallest absolute Gasteiger partial charge is 0.418 e. The average Bonchev–Trinajstić information content (AvgIpc) is 2.61. The van der Waals surface area contributed by atoms with Crippen molar-refractivity contribution in [2.24, 2.45) is 0 Å². The Morgan fingerprint density at radius 2 is 1.82 bits per heavy atom. The van der Waals surface area contributed by atoms with Crippen LogP contribution in [-0.4, -0.2) is 36.9 Å². The molecule has 0 aromatic heterocycles. The van der Waals surface area contributed by atoms with Crippen molar-refractivity contribution in [1.29, 1.82) is 0 Å². The zero-order chi connectivity index (χ0) is 20.9. The Balaban J connectivity index is 1.93. The van der Waals surface area contributed by atoms with Gasteiger partial charge in [-0.15, -0.1) is 0 Å². The van der Waals surface area contributed by atoms with E-state index in [2.05, 4.69) is 5.32 Å². The first kappa shape index (κ1) is 21.8. The van der Waals surface area contributed by atoms with Crippen molar-refractivity contribution in [2.75, 3.05) is 25.5 Å². The lowest BCUT2D eigenvalue weighted by Crippen LogP contribution is -2.37. The van der Waals surface area contributed by atoms with Gasteiger partial charge in [0.2, 0.25) is 5.91 Å². The lowest BCUT2D eigenvalue weighted by molar-refractivity contribution is -0.137. The Morgan fingerprint density at radius 3 is 2.50 bits per heavy atom. The van der Waals surface area contributed by atoms with Crippen LogP contribution in [0.1, 0.15) is 5.56 Å². The lowest BCUT2D eigenvalue weighted by atomic mass is 10.1. The average molecular weight is 435 g/mol. The second-order valence-corrected chi connectivity index (χ2v) is 6.55. The Hall–Kier alpha value is -2.45. The van der Waals surface area contributed by atoms with Crippen molar-refractivity contribution in [1.82, 2.24) is 4.90 Å². The molecule has 150 valence electrons. The van der Waals surface area contributed by atoms with Crippen LogP contribution >= 0.6 is 23.2 Å². The first-order valence-corrected chi connectivity index (χ1v) is 8.61. The molecule has 28 heavy (non-hydrogen) atoms. The summed E-state index contributed by atoms with van der Waals surface area (Å²) in [5, 5.41) is 2.78. The van der Waals surface area contributed by atoms with Gasteiger partial charge in [0.1, 0.15) is 5.75 Å². The minimum Gasteiger partial charge on any atom is -0.482 e. The molecule has 0 radical (unpaired) electrons. The van der Waals surface area contributed by atoms with Gasteiger partial charge in [0, 0.05) is 18.1 Å². The summed E-state index contributed by atoms with van der Waals surface area (Å²) in [6.45, 7) is -0.888. The summed E-state index contributed by atoms with van der Waals surface area (Å²) in [7, 11) is 1.32. The van der Waals surface area contributed by atoms with Crippen molar-refractivity contribution >= 4 is 40.7 Å². The molecule has 2 aromatic carbocycles. The fourth-order valence-corrected chi connectivity index (χ4v) is 2.50. The maximum atomic E-state index is 13.0. The molecule has 0 heterocycles. The normalized spacial score (nSPS) is 11.1. The van der Waals surface area contributed by atoms with E-state index in [-0.39, 0.29) is 16.5 Å². The number of anilines is 1. The Kier molecular flexibility index (Phi) is 7.15. The molecule has 0 fully saturated rings. The van der Waals surface area contributed by atoms with Gasteiger partial charge in [0.25, 0.3) is 5.91 Å². The third kappa shape index (κ3) is 6.03. The number of benzene rings is 2. The number of carbonyl (C=O) groups is 2. The largest absolute Gasteiger partial charge is 0.482 e. The Labute approximate surface area is 169 Å². The zero-order valence-electron chi connectivity index (χ0n) is 14.5. The molecule has 0 spiro atoms. The Bertz CT molecular complexity index is 875. The molecule has 5 nitrogen and oxygen atoms in total. The standard InChI is InChI=1S/C18H15Cl2F3N2O3/c1-25(17(27)10-28-15-8-11(19)6-7-13(15)20)9-16(26)24-14-5-3-2-4-12(14)18(21,22)23/h2-8H,9-10H2,1H3,(H,24,26). The molecule has 0 bridgehead atoms.